The minimum Gasteiger partial charge on any atom is -0.297 e. The number of likely N-dealkylation sites (tertiary alicyclic amines) is 1. The monoisotopic (exact) mass is 181 g/mol. The Morgan fingerprint density at radius 3 is 2.69 bits per heavy atom. The highest BCUT2D eigenvalue weighted by molar-refractivity contribution is 4.97. The number of fused-ring (bicyclic) bond motifs is 1. The lowest BCUT2D eigenvalue weighted by Gasteiger charge is -2.30. The molecule has 0 spiro atoms. The molecule has 0 aromatic heterocycles. The molecule has 2 aliphatic rings. The summed E-state index contributed by atoms with van der Waals surface area (Å²) in [6, 6.07) is 1.85. The fourth-order valence-electron chi connectivity index (χ4n) is 3.54. The van der Waals surface area contributed by atoms with E-state index in [-0.39, 0.29) is 0 Å². The zero-order chi connectivity index (χ0) is 9.42. The Kier molecular flexibility index (Phi) is 2.64. The SMILES string of the molecule is CCN1C(C(C)C)CC2CCCC21. The average Bonchev–Trinajstić information content (AvgIpc) is 2.60. The lowest BCUT2D eigenvalue weighted by Crippen LogP contribution is -2.38. The third-order valence-electron chi connectivity index (χ3n) is 4.15. The Balaban J connectivity index is 2.08. The fraction of sp³-hybridized carbons (Fsp3) is 1.00. The quantitative estimate of drug-likeness (QED) is 0.633. The van der Waals surface area contributed by atoms with Crippen LogP contribution in [0.15, 0.2) is 0 Å². The molecular formula is C12H23N. The number of rotatable bonds is 2. The van der Waals surface area contributed by atoms with E-state index in [1.807, 2.05) is 0 Å². The molecular weight excluding hydrogens is 158 g/mol. The van der Waals surface area contributed by atoms with Crippen molar-refractivity contribution in [2.24, 2.45) is 11.8 Å². The Bertz CT molecular complexity index is 176. The molecule has 3 unspecified atom stereocenters. The summed E-state index contributed by atoms with van der Waals surface area (Å²) in [5.41, 5.74) is 0. The third kappa shape index (κ3) is 1.52. The summed E-state index contributed by atoms with van der Waals surface area (Å²) in [4.78, 5) is 2.78. The molecule has 1 heterocycles. The van der Waals surface area contributed by atoms with Crippen LogP contribution in [-0.2, 0) is 0 Å². The molecule has 0 amide bonds. The van der Waals surface area contributed by atoms with Crippen LogP contribution >= 0.6 is 0 Å². The number of nitrogens with zero attached hydrogens (tertiary/aromatic N) is 1. The molecule has 13 heavy (non-hydrogen) atoms. The van der Waals surface area contributed by atoms with Gasteiger partial charge in [0.25, 0.3) is 0 Å². The van der Waals surface area contributed by atoms with Crippen molar-refractivity contribution in [2.75, 3.05) is 6.54 Å². The van der Waals surface area contributed by atoms with Crippen LogP contribution in [0.25, 0.3) is 0 Å². The first-order valence-corrected chi connectivity index (χ1v) is 5.99. The zero-order valence-corrected chi connectivity index (χ0v) is 9.29. The molecule has 3 atom stereocenters. The molecule has 0 N–H and O–H groups in total. The smallest absolute Gasteiger partial charge is 0.0127 e. The van der Waals surface area contributed by atoms with Crippen LogP contribution < -0.4 is 0 Å². The van der Waals surface area contributed by atoms with Crippen LogP contribution in [0.1, 0.15) is 46.5 Å². The number of hydrogen-bond acceptors (Lipinski definition) is 1. The summed E-state index contributed by atoms with van der Waals surface area (Å²) < 4.78 is 0. The standard InChI is InChI=1S/C12H23N/c1-4-13-11-7-5-6-10(11)8-12(13)9(2)3/h9-12H,4-8H2,1-3H3. The lowest BCUT2D eigenvalue weighted by atomic mass is 9.96. The molecule has 0 bridgehead atoms. The van der Waals surface area contributed by atoms with E-state index in [0.717, 1.165) is 23.9 Å². The second-order valence-electron chi connectivity index (χ2n) is 5.14. The summed E-state index contributed by atoms with van der Waals surface area (Å²) in [6.45, 7) is 8.36. The van der Waals surface area contributed by atoms with Gasteiger partial charge in [-0.25, -0.2) is 0 Å². The lowest BCUT2D eigenvalue weighted by molar-refractivity contribution is 0.163. The molecule has 2 rings (SSSR count). The van der Waals surface area contributed by atoms with Crippen LogP contribution in [0.4, 0.5) is 0 Å². The molecule has 1 nitrogen and oxygen atoms in total. The molecule has 1 saturated heterocycles. The van der Waals surface area contributed by atoms with Crippen molar-refractivity contribution >= 4 is 0 Å². The topological polar surface area (TPSA) is 3.24 Å². The second kappa shape index (κ2) is 3.61. The predicted molar refractivity (Wildman–Crippen MR) is 56.8 cm³/mol. The maximum atomic E-state index is 2.78. The van der Waals surface area contributed by atoms with Gasteiger partial charge in [-0.2, -0.15) is 0 Å². The van der Waals surface area contributed by atoms with Crippen LogP contribution in [0.5, 0.6) is 0 Å². The van der Waals surface area contributed by atoms with E-state index in [4.69, 9.17) is 0 Å². The Labute approximate surface area is 82.5 Å². The van der Waals surface area contributed by atoms with E-state index < -0.39 is 0 Å². The van der Waals surface area contributed by atoms with Gasteiger partial charge in [0.1, 0.15) is 0 Å². The number of hydrogen-bond donors (Lipinski definition) is 0. The van der Waals surface area contributed by atoms with Gasteiger partial charge >= 0.3 is 0 Å². The van der Waals surface area contributed by atoms with Gasteiger partial charge in [0, 0.05) is 12.1 Å². The van der Waals surface area contributed by atoms with Gasteiger partial charge in [0.15, 0.2) is 0 Å². The van der Waals surface area contributed by atoms with Crippen LogP contribution in [-0.4, -0.2) is 23.5 Å². The van der Waals surface area contributed by atoms with E-state index >= 15 is 0 Å². The van der Waals surface area contributed by atoms with Gasteiger partial charge in [-0.05, 0) is 37.6 Å². The minimum absolute atomic E-state index is 0.852. The van der Waals surface area contributed by atoms with E-state index in [9.17, 15) is 0 Å². The Hall–Kier alpha value is -0.0400. The van der Waals surface area contributed by atoms with Gasteiger partial charge in [0.05, 0.1) is 0 Å². The third-order valence-corrected chi connectivity index (χ3v) is 4.15. The second-order valence-corrected chi connectivity index (χ2v) is 5.14. The molecule has 0 aromatic rings. The van der Waals surface area contributed by atoms with Crippen molar-refractivity contribution in [1.29, 1.82) is 0 Å². The van der Waals surface area contributed by atoms with E-state index in [1.165, 1.54) is 32.2 Å². The zero-order valence-electron chi connectivity index (χ0n) is 9.29. The van der Waals surface area contributed by atoms with Crippen LogP contribution in [0.3, 0.4) is 0 Å². The molecule has 1 saturated carbocycles. The first kappa shape index (κ1) is 9.51. The molecule has 1 aliphatic carbocycles. The summed E-state index contributed by atoms with van der Waals surface area (Å²) in [7, 11) is 0. The van der Waals surface area contributed by atoms with Gasteiger partial charge < -0.3 is 0 Å². The minimum atomic E-state index is 0.852. The Morgan fingerprint density at radius 1 is 1.31 bits per heavy atom. The average molecular weight is 181 g/mol. The first-order valence-electron chi connectivity index (χ1n) is 5.99. The maximum Gasteiger partial charge on any atom is 0.0127 e. The highest BCUT2D eigenvalue weighted by atomic mass is 15.2. The van der Waals surface area contributed by atoms with Crippen molar-refractivity contribution in [1.82, 2.24) is 4.90 Å². The summed E-state index contributed by atoms with van der Waals surface area (Å²) >= 11 is 0. The molecule has 2 fully saturated rings. The molecule has 1 heteroatoms. The first-order chi connectivity index (χ1) is 6.24. The van der Waals surface area contributed by atoms with Gasteiger partial charge in [-0.1, -0.05) is 27.2 Å². The van der Waals surface area contributed by atoms with Crippen molar-refractivity contribution in [3.63, 3.8) is 0 Å². The van der Waals surface area contributed by atoms with Crippen molar-refractivity contribution in [3.8, 4) is 0 Å². The predicted octanol–water partition coefficient (Wildman–Crippen LogP) is 2.91. The summed E-state index contributed by atoms with van der Waals surface area (Å²) in [5, 5.41) is 0. The van der Waals surface area contributed by atoms with Gasteiger partial charge in [0.2, 0.25) is 0 Å². The fourth-order valence-corrected chi connectivity index (χ4v) is 3.54. The normalized spacial score (nSPS) is 40.2. The highest BCUT2D eigenvalue weighted by Gasteiger charge is 2.43. The highest BCUT2D eigenvalue weighted by Crippen LogP contribution is 2.42. The maximum absolute atomic E-state index is 2.78. The molecule has 0 aromatic carbocycles. The van der Waals surface area contributed by atoms with Crippen molar-refractivity contribution < 1.29 is 0 Å². The van der Waals surface area contributed by atoms with Crippen LogP contribution in [0.2, 0.25) is 0 Å². The van der Waals surface area contributed by atoms with Crippen molar-refractivity contribution in [2.45, 2.75) is 58.5 Å². The van der Waals surface area contributed by atoms with E-state index in [1.54, 1.807) is 0 Å². The van der Waals surface area contributed by atoms with Crippen LogP contribution in [0, 0.1) is 11.8 Å². The van der Waals surface area contributed by atoms with Crippen molar-refractivity contribution in [3.05, 3.63) is 0 Å². The van der Waals surface area contributed by atoms with Gasteiger partial charge in [-0.15, -0.1) is 0 Å². The van der Waals surface area contributed by atoms with E-state index in [0.29, 0.717) is 0 Å². The molecule has 76 valence electrons. The van der Waals surface area contributed by atoms with Gasteiger partial charge in [-0.3, -0.25) is 4.90 Å². The molecule has 0 radical (unpaired) electrons. The Morgan fingerprint density at radius 2 is 2.08 bits per heavy atom. The molecule has 1 aliphatic heterocycles. The van der Waals surface area contributed by atoms with E-state index in [2.05, 4.69) is 25.7 Å². The summed E-state index contributed by atoms with van der Waals surface area (Å²) in [6.07, 6.45) is 5.94. The largest absolute Gasteiger partial charge is 0.297 e. The summed E-state index contributed by atoms with van der Waals surface area (Å²) in [5.74, 6) is 1.90.